The van der Waals surface area contributed by atoms with Gasteiger partial charge in [0.1, 0.15) is 5.65 Å². The lowest BCUT2D eigenvalue weighted by atomic mass is 9.93. The Morgan fingerprint density at radius 1 is 1.00 bits per heavy atom. The van der Waals surface area contributed by atoms with Crippen molar-refractivity contribution in [3.05, 3.63) is 63.9 Å². The van der Waals surface area contributed by atoms with Crippen LogP contribution in [0.25, 0.3) is 33.4 Å². The fraction of sp³-hybridized carbons (Fsp3) is 0.174. The second-order valence-electron chi connectivity index (χ2n) is 8.24. The topological polar surface area (TPSA) is 154 Å². The van der Waals surface area contributed by atoms with Crippen molar-refractivity contribution in [3.63, 3.8) is 0 Å². The van der Waals surface area contributed by atoms with Gasteiger partial charge in [0, 0.05) is 31.8 Å². The molecule has 0 spiro atoms. The average Bonchev–Trinajstić information content (AvgIpc) is 3.18. The molecular weight excluding hydrogens is 456 g/mol. The Morgan fingerprint density at radius 2 is 1.71 bits per heavy atom. The summed E-state index contributed by atoms with van der Waals surface area (Å²) in [4.78, 5) is 35.2. The highest BCUT2D eigenvalue weighted by Gasteiger charge is 2.23. The van der Waals surface area contributed by atoms with E-state index in [0.717, 1.165) is 15.4 Å². The second kappa shape index (κ2) is 7.82. The van der Waals surface area contributed by atoms with E-state index in [1.165, 1.54) is 26.2 Å². The Kier molecular flexibility index (Phi) is 5.03. The molecule has 1 aliphatic heterocycles. The molecule has 10 nitrogen and oxygen atoms in total. The lowest BCUT2D eigenvalue weighted by Crippen LogP contribution is -2.31. The van der Waals surface area contributed by atoms with Gasteiger partial charge >= 0.3 is 0 Å². The third kappa shape index (κ3) is 3.45. The van der Waals surface area contributed by atoms with Crippen molar-refractivity contribution >= 4 is 32.9 Å². The maximum absolute atomic E-state index is 12.9. The van der Waals surface area contributed by atoms with E-state index in [2.05, 4.69) is 20.3 Å². The molecular formula is C23H22N6O4S. The minimum absolute atomic E-state index is 0.0219. The van der Waals surface area contributed by atoms with Gasteiger partial charge in [-0.25, -0.2) is 12.7 Å². The molecule has 0 radical (unpaired) electrons. The number of aromatic nitrogens is 3. The minimum atomic E-state index is -3.59. The van der Waals surface area contributed by atoms with Gasteiger partial charge in [0.05, 0.1) is 16.0 Å². The van der Waals surface area contributed by atoms with Gasteiger partial charge < -0.3 is 16.0 Å². The second-order valence-corrected chi connectivity index (χ2v) is 10.4. The van der Waals surface area contributed by atoms with Gasteiger partial charge in [0.15, 0.2) is 0 Å². The molecule has 0 fully saturated rings. The van der Waals surface area contributed by atoms with E-state index in [-0.39, 0.29) is 16.8 Å². The molecule has 0 atom stereocenters. The number of nitrogens with one attached hydrogen (secondary N) is 3. The molecule has 34 heavy (non-hydrogen) atoms. The number of nitrogens with zero attached hydrogens (tertiary/aromatic N) is 2. The highest BCUT2D eigenvalue weighted by molar-refractivity contribution is 7.89. The van der Waals surface area contributed by atoms with Crippen LogP contribution in [0.1, 0.15) is 15.9 Å². The van der Waals surface area contributed by atoms with Crippen LogP contribution in [0.3, 0.4) is 0 Å². The first-order chi connectivity index (χ1) is 16.2. The molecule has 0 aliphatic carbocycles. The number of amides is 1. The molecule has 5 rings (SSSR count). The van der Waals surface area contributed by atoms with Crippen LogP contribution in [0, 0.1) is 0 Å². The number of benzene rings is 2. The number of sulfonamides is 1. The summed E-state index contributed by atoms with van der Waals surface area (Å²) in [5.41, 5.74) is 9.75. The highest BCUT2D eigenvalue weighted by atomic mass is 32.2. The zero-order valence-corrected chi connectivity index (χ0v) is 19.3. The molecule has 0 saturated carbocycles. The summed E-state index contributed by atoms with van der Waals surface area (Å²) in [6.45, 7) is 0.538. The molecule has 2 aromatic heterocycles. The van der Waals surface area contributed by atoms with Crippen LogP contribution in [0.15, 0.2) is 52.2 Å². The van der Waals surface area contributed by atoms with E-state index >= 15 is 0 Å². The first-order valence-electron chi connectivity index (χ1n) is 10.5. The SMILES string of the molecule is CN(C)S(=O)(=O)c1ccc(-c2[nH]c3nc(N)[nH]c(=O)c3c2-c2ccc3c(c2)CCNC3=O)cc1. The van der Waals surface area contributed by atoms with Crippen LogP contribution in [-0.4, -0.2) is 54.2 Å². The molecule has 4 aromatic rings. The molecule has 0 unspecified atom stereocenters. The zero-order valence-electron chi connectivity index (χ0n) is 18.5. The summed E-state index contributed by atoms with van der Waals surface area (Å²) in [5.74, 6) is -0.150. The molecule has 1 aliphatic rings. The van der Waals surface area contributed by atoms with Gasteiger partial charge in [-0.3, -0.25) is 14.6 Å². The molecule has 174 valence electrons. The Bertz CT molecular complexity index is 1620. The Hall–Kier alpha value is -3.96. The number of aromatic amines is 2. The number of rotatable bonds is 4. The third-order valence-corrected chi connectivity index (χ3v) is 7.75. The van der Waals surface area contributed by atoms with Crippen molar-refractivity contribution in [2.75, 3.05) is 26.4 Å². The molecule has 1 amide bonds. The lowest BCUT2D eigenvalue weighted by molar-refractivity contribution is 0.0946. The summed E-state index contributed by atoms with van der Waals surface area (Å²) in [7, 11) is -0.649. The van der Waals surface area contributed by atoms with Crippen molar-refractivity contribution < 1.29 is 13.2 Å². The number of hydrogen-bond acceptors (Lipinski definition) is 6. The van der Waals surface area contributed by atoms with Gasteiger partial charge in [-0.15, -0.1) is 0 Å². The Labute approximate surface area is 194 Å². The first kappa shape index (κ1) is 21.9. The molecule has 0 bridgehead atoms. The van der Waals surface area contributed by atoms with E-state index in [1.807, 2.05) is 6.07 Å². The maximum Gasteiger partial charge on any atom is 0.262 e. The van der Waals surface area contributed by atoms with Crippen LogP contribution in [0.2, 0.25) is 0 Å². The van der Waals surface area contributed by atoms with Crippen molar-refractivity contribution in [3.8, 4) is 22.4 Å². The molecule has 0 saturated heterocycles. The number of carbonyl (C=O) groups is 1. The predicted octanol–water partition coefficient (Wildman–Crippen LogP) is 1.70. The Balaban J connectivity index is 1.74. The van der Waals surface area contributed by atoms with E-state index in [1.54, 1.807) is 24.3 Å². The summed E-state index contributed by atoms with van der Waals surface area (Å²) in [6.07, 6.45) is 0.672. The van der Waals surface area contributed by atoms with Crippen LogP contribution in [-0.2, 0) is 16.4 Å². The summed E-state index contributed by atoms with van der Waals surface area (Å²) in [6, 6.07) is 11.8. The van der Waals surface area contributed by atoms with Gasteiger partial charge in [-0.1, -0.05) is 24.3 Å². The van der Waals surface area contributed by atoms with Crippen LogP contribution < -0.4 is 16.6 Å². The monoisotopic (exact) mass is 478 g/mol. The average molecular weight is 479 g/mol. The van der Waals surface area contributed by atoms with Gasteiger partial charge in [0.2, 0.25) is 16.0 Å². The van der Waals surface area contributed by atoms with E-state index in [0.29, 0.717) is 46.4 Å². The van der Waals surface area contributed by atoms with Crippen LogP contribution >= 0.6 is 0 Å². The normalized spacial score (nSPS) is 13.8. The minimum Gasteiger partial charge on any atom is -0.369 e. The summed E-state index contributed by atoms with van der Waals surface area (Å²) >= 11 is 0. The zero-order chi connectivity index (χ0) is 24.2. The van der Waals surface area contributed by atoms with Gasteiger partial charge in [0.25, 0.3) is 11.5 Å². The molecule has 2 aromatic carbocycles. The number of carbonyl (C=O) groups excluding carboxylic acids is 1. The van der Waals surface area contributed by atoms with Crippen molar-refractivity contribution in [1.82, 2.24) is 24.6 Å². The van der Waals surface area contributed by atoms with Gasteiger partial charge in [-0.2, -0.15) is 4.98 Å². The van der Waals surface area contributed by atoms with E-state index in [4.69, 9.17) is 5.73 Å². The fourth-order valence-corrected chi connectivity index (χ4v) is 5.11. The molecule has 11 heteroatoms. The van der Waals surface area contributed by atoms with Crippen LogP contribution in [0.4, 0.5) is 5.95 Å². The number of hydrogen-bond donors (Lipinski definition) is 4. The van der Waals surface area contributed by atoms with Crippen LogP contribution in [0.5, 0.6) is 0 Å². The third-order valence-electron chi connectivity index (χ3n) is 5.92. The number of anilines is 1. The standard InChI is InChI=1S/C23H22N6O4S/c1-29(2)34(32,33)15-6-3-12(4-7-15)19-17(18-20(26-19)27-23(24)28-22(18)31)14-5-8-16-13(11-14)9-10-25-21(16)30/h3-8,11H,9-10H2,1-2H3,(H,25,30)(H4,24,26,27,28,31). The van der Waals surface area contributed by atoms with Crippen molar-refractivity contribution in [2.45, 2.75) is 11.3 Å². The fourth-order valence-electron chi connectivity index (χ4n) is 4.21. The quantitative estimate of drug-likeness (QED) is 0.350. The number of fused-ring (bicyclic) bond motifs is 2. The van der Waals surface area contributed by atoms with Crippen molar-refractivity contribution in [2.24, 2.45) is 0 Å². The highest BCUT2D eigenvalue weighted by Crippen LogP contribution is 2.38. The summed E-state index contributed by atoms with van der Waals surface area (Å²) < 4.78 is 26.1. The Morgan fingerprint density at radius 3 is 2.41 bits per heavy atom. The molecule has 3 heterocycles. The smallest absolute Gasteiger partial charge is 0.262 e. The number of nitrogen functional groups attached to an aromatic ring is 1. The van der Waals surface area contributed by atoms with Crippen molar-refractivity contribution in [1.29, 1.82) is 0 Å². The molecule has 5 N–H and O–H groups in total. The van der Waals surface area contributed by atoms with Gasteiger partial charge in [-0.05, 0) is 41.3 Å². The predicted molar refractivity (Wildman–Crippen MR) is 129 cm³/mol. The lowest BCUT2D eigenvalue weighted by Gasteiger charge is -2.17. The number of nitrogens with two attached hydrogens (primary N) is 1. The largest absolute Gasteiger partial charge is 0.369 e. The van der Waals surface area contributed by atoms with E-state index < -0.39 is 15.6 Å². The summed E-state index contributed by atoms with van der Waals surface area (Å²) in [5, 5.41) is 3.15. The first-order valence-corrected chi connectivity index (χ1v) is 12.0. The maximum atomic E-state index is 12.9. The number of H-pyrrole nitrogens is 2. The van der Waals surface area contributed by atoms with E-state index in [9.17, 15) is 18.0 Å².